The van der Waals surface area contributed by atoms with Gasteiger partial charge in [-0.1, -0.05) is 53.5 Å². The number of para-hydroxylation sites is 1. The number of hydrogen-bond acceptors (Lipinski definition) is 5. The van der Waals surface area contributed by atoms with Gasteiger partial charge >= 0.3 is 0 Å². The molecule has 1 saturated heterocycles. The minimum Gasteiger partial charge on any atom is -0.493 e. The van der Waals surface area contributed by atoms with Crippen LogP contribution in [0.2, 0.25) is 10.0 Å². The molecule has 1 heterocycles. The highest BCUT2D eigenvalue weighted by molar-refractivity contribution is 8.18. The molecule has 3 aromatic rings. The number of amides is 1. The molecule has 0 spiro atoms. The maximum atomic E-state index is 12.4. The van der Waals surface area contributed by atoms with Gasteiger partial charge in [0.05, 0.1) is 27.7 Å². The van der Waals surface area contributed by atoms with Crippen molar-refractivity contribution in [1.82, 2.24) is 5.32 Å². The molecule has 8 heteroatoms. The van der Waals surface area contributed by atoms with Crippen LogP contribution in [0.15, 0.2) is 76.6 Å². The van der Waals surface area contributed by atoms with E-state index in [2.05, 4.69) is 10.3 Å². The van der Waals surface area contributed by atoms with Gasteiger partial charge in [0.25, 0.3) is 5.91 Å². The zero-order valence-electron chi connectivity index (χ0n) is 17.0. The molecule has 5 nitrogen and oxygen atoms in total. The molecule has 1 N–H and O–H groups in total. The Morgan fingerprint density at radius 2 is 1.81 bits per heavy atom. The van der Waals surface area contributed by atoms with Crippen LogP contribution in [0.1, 0.15) is 11.1 Å². The van der Waals surface area contributed by atoms with Crippen molar-refractivity contribution in [3.05, 3.63) is 92.8 Å². The van der Waals surface area contributed by atoms with Crippen LogP contribution < -0.4 is 14.8 Å². The van der Waals surface area contributed by atoms with Crippen LogP contribution in [0.4, 0.5) is 5.69 Å². The monoisotopic (exact) mass is 484 g/mol. The lowest BCUT2D eigenvalue weighted by atomic mass is 10.2. The Balaban J connectivity index is 1.48. The van der Waals surface area contributed by atoms with Crippen LogP contribution >= 0.6 is 35.0 Å². The Morgan fingerprint density at radius 1 is 1.00 bits per heavy atom. The molecule has 1 fully saturated rings. The number of carbonyl (C=O) groups excluding carboxylic acids is 1. The Morgan fingerprint density at radius 3 is 2.56 bits per heavy atom. The second-order valence-corrected chi connectivity index (χ2v) is 8.61. The quantitative estimate of drug-likeness (QED) is 0.407. The minimum absolute atomic E-state index is 0.191. The number of benzene rings is 3. The Labute approximate surface area is 200 Å². The molecular formula is C24H18Cl2N2O3S. The van der Waals surface area contributed by atoms with Gasteiger partial charge in [0.1, 0.15) is 6.61 Å². The molecule has 0 bridgehead atoms. The van der Waals surface area contributed by atoms with E-state index in [1.807, 2.05) is 48.5 Å². The predicted molar refractivity (Wildman–Crippen MR) is 131 cm³/mol. The zero-order valence-corrected chi connectivity index (χ0v) is 19.3. The molecule has 0 atom stereocenters. The summed E-state index contributed by atoms with van der Waals surface area (Å²) in [7, 11) is 1.57. The lowest BCUT2D eigenvalue weighted by Gasteiger charge is -2.12. The lowest BCUT2D eigenvalue weighted by molar-refractivity contribution is -0.115. The average Bonchev–Trinajstić information content (AvgIpc) is 3.14. The molecule has 0 radical (unpaired) electrons. The lowest BCUT2D eigenvalue weighted by Crippen LogP contribution is -2.19. The van der Waals surface area contributed by atoms with Crippen molar-refractivity contribution >= 4 is 57.8 Å². The van der Waals surface area contributed by atoms with Crippen molar-refractivity contribution in [2.75, 3.05) is 7.11 Å². The summed E-state index contributed by atoms with van der Waals surface area (Å²) >= 11 is 13.3. The van der Waals surface area contributed by atoms with Crippen molar-refractivity contribution in [2.45, 2.75) is 6.61 Å². The molecule has 0 aliphatic carbocycles. The zero-order chi connectivity index (χ0) is 22.5. The molecular weight excluding hydrogens is 467 g/mol. The first-order valence-electron chi connectivity index (χ1n) is 9.61. The van der Waals surface area contributed by atoms with E-state index >= 15 is 0 Å². The first-order valence-corrected chi connectivity index (χ1v) is 11.2. The summed E-state index contributed by atoms with van der Waals surface area (Å²) in [6, 6.07) is 20.3. The van der Waals surface area contributed by atoms with Gasteiger partial charge < -0.3 is 14.8 Å². The number of ether oxygens (including phenoxy) is 2. The van der Waals surface area contributed by atoms with E-state index in [1.165, 1.54) is 11.8 Å². The predicted octanol–water partition coefficient (Wildman–Crippen LogP) is 6.47. The molecule has 162 valence electrons. The van der Waals surface area contributed by atoms with E-state index in [1.54, 1.807) is 31.4 Å². The molecule has 4 rings (SSSR count). The number of nitrogens with zero attached hydrogens (tertiary/aromatic N) is 1. The number of amidine groups is 1. The summed E-state index contributed by atoms with van der Waals surface area (Å²) in [4.78, 5) is 17.4. The Hall–Kier alpha value is -2.93. The van der Waals surface area contributed by atoms with Gasteiger partial charge in [0.15, 0.2) is 16.7 Å². The minimum atomic E-state index is -0.191. The van der Waals surface area contributed by atoms with E-state index in [-0.39, 0.29) is 5.91 Å². The van der Waals surface area contributed by atoms with Crippen molar-refractivity contribution in [1.29, 1.82) is 0 Å². The van der Waals surface area contributed by atoms with Crippen LogP contribution in [-0.4, -0.2) is 18.2 Å². The molecule has 0 saturated carbocycles. The maximum Gasteiger partial charge on any atom is 0.264 e. The van der Waals surface area contributed by atoms with Crippen LogP contribution in [0, 0.1) is 0 Å². The van der Waals surface area contributed by atoms with E-state index < -0.39 is 0 Å². The second kappa shape index (κ2) is 10.1. The summed E-state index contributed by atoms with van der Waals surface area (Å²) in [5.41, 5.74) is 2.47. The molecule has 3 aromatic carbocycles. The summed E-state index contributed by atoms with van der Waals surface area (Å²) in [6.45, 7) is 0.311. The third-order valence-corrected chi connectivity index (χ3v) is 6.15. The number of methoxy groups -OCH3 is 1. The topological polar surface area (TPSA) is 59.9 Å². The second-order valence-electron chi connectivity index (χ2n) is 6.76. The summed E-state index contributed by atoms with van der Waals surface area (Å²) < 4.78 is 11.4. The third-order valence-electron chi connectivity index (χ3n) is 4.50. The Bertz CT molecular complexity index is 1210. The SMILES string of the molecule is COc1cc(/C=C2\SC(=Nc3ccccc3)NC2=O)ccc1OCc1ccc(Cl)c(Cl)c1. The van der Waals surface area contributed by atoms with Gasteiger partial charge in [-0.25, -0.2) is 4.99 Å². The van der Waals surface area contributed by atoms with Crippen LogP contribution in [0.25, 0.3) is 6.08 Å². The third kappa shape index (κ3) is 5.46. The van der Waals surface area contributed by atoms with Gasteiger partial charge in [-0.2, -0.15) is 0 Å². The summed E-state index contributed by atoms with van der Waals surface area (Å²) in [5.74, 6) is 0.945. The molecule has 32 heavy (non-hydrogen) atoms. The van der Waals surface area contributed by atoms with Crippen LogP contribution in [-0.2, 0) is 11.4 Å². The molecule has 0 aromatic heterocycles. The van der Waals surface area contributed by atoms with Gasteiger partial charge in [0.2, 0.25) is 0 Å². The number of halogens is 2. The van der Waals surface area contributed by atoms with Gasteiger partial charge in [-0.15, -0.1) is 0 Å². The van der Waals surface area contributed by atoms with Gasteiger partial charge in [-0.3, -0.25) is 4.79 Å². The standard InChI is InChI=1S/C24H18Cl2N2O3S/c1-30-21-12-15(8-10-20(21)31-14-16-7-9-18(25)19(26)11-16)13-22-23(29)28-24(32-22)27-17-5-3-2-4-6-17/h2-13H,14H2,1H3,(H,27,28,29)/b22-13-. The number of thioether (sulfide) groups is 1. The number of hydrogen-bond donors (Lipinski definition) is 1. The Kier molecular flexibility index (Phi) is 7.05. The summed E-state index contributed by atoms with van der Waals surface area (Å²) in [6.07, 6.45) is 1.79. The maximum absolute atomic E-state index is 12.4. The first kappa shape index (κ1) is 22.3. The molecule has 0 unspecified atom stereocenters. The van der Waals surface area contributed by atoms with E-state index in [0.717, 1.165) is 16.8 Å². The molecule has 1 aliphatic heterocycles. The van der Waals surface area contributed by atoms with Crippen LogP contribution in [0.5, 0.6) is 11.5 Å². The van der Waals surface area contributed by atoms with Crippen molar-refractivity contribution in [2.24, 2.45) is 4.99 Å². The normalized spacial score (nSPS) is 15.8. The van der Waals surface area contributed by atoms with Crippen molar-refractivity contribution in [3.8, 4) is 11.5 Å². The molecule has 1 aliphatic rings. The van der Waals surface area contributed by atoms with E-state index in [0.29, 0.717) is 38.2 Å². The highest BCUT2D eigenvalue weighted by atomic mass is 35.5. The highest BCUT2D eigenvalue weighted by Crippen LogP contribution is 2.33. The largest absolute Gasteiger partial charge is 0.493 e. The first-order chi connectivity index (χ1) is 15.5. The fourth-order valence-corrected chi connectivity index (χ4v) is 4.10. The van der Waals surface area contributed by atoms with Gasteiger partial charge in [-0.05, 0) is 65.4 Å². The highest BCUT2D eigenvalue weighted by Gasteiger charge is 2.24. The van der Waals surface area contributed by atoms with Crippen molar-refractivity contribution < 1.29 is 14.3 Å². The number of rotatable bonds is 6. The van der Waals surface area contributed by atoms with Gasteiger partial charge in [0, 0.05) is 0 Å². The van der Waals surface area contributed by atoms with E-state index in [9.17, 15) is 4.79 Å². The van der Waals surface area contributed by atoms with Crippen molar-refractivity contribution in [3.63, 3.8) is 0 Å². The number of carbonyl (C=O) groups is 1. The summed E-state index contributed by atoms with van der Waals surface area (Å²) in [5, 5.41) is 4.30. The number of aliphatic imine (C=N–C) groups is 1. The molecule has 1 amide bonds. The smallest absolute Gasteiger partial charge is 0.264 e. The fraction of sp³-hybridized carbons (Fsp3) is 0.0833. The van der Waals surface area contributed by atoms with Crippen LogP contribution in [0.3, 0.4) is 0 Å². The average molecular weight is 485 g/mol. The van der Waals surface area contributed by atoms with E-state index in [4.69, 9.17) is 32.7 Å². The number of nitrogens with one attached hydrogen (secondary N) is 1. The fourth-order valence-electron chi connectivity index (χ4n) is 2.94.